The number of carbonyl (C=O) groups is 1. The molecule has 0 bridgehead atoms. The summed E-state index contributed by atoms with van der Waals surface area (Å²) in [6, 6.07) is 0. The van der Waals surface area contributed by atoms with Crippen molar-refractivity contribution in [2.45, 2.75) is 52.7 Å². The quantitative estimate of drug-likeness (QED) is 0.646. The molecule has 0 aromatic heterocycles. The van der Waals surface area contributed by atoms with Crippen molar-refractivity contribution < 1.29 is 14.3 Å². The molecule has 0 amide bonds. The Morgan fingerprint density at radius 2 is 2.00 bits per heavy atom. The average Bonchev–Trinajstić information content (AvgIpc) is 2.26. The van der Waals surface area contributed by atoms with Crippen molar-refractivity contribution in [3.8, 4) is 0 Å². The number of likely N-dealkylation sites (N-methyl/N-ethyl adjacent to an activating group) is 1. The first-order valence-electron chi connectivity index (χ1n) is 6.04. The van der Waals surface area contributed by atoms with E-state index in [2.05, 4.69) is 12.2 Å². The normalized spacial score (nSPS) is 16.6. The van der Waals surface area contributed by atoms with Crippen LogP contribution in [0.1, 0.15) is 41.0 Å². The predicted molar refractivity (Wildman–Crippen MR) is 64.4 cm³/mol. The maximum atomic E-state index is 11.8. The lowest BCUT2D eigenvalue weighted by molar-refractivity contribution is -0.154. The Balaban J connectivity index is 4.37. The second kappa shape index (κ2) is 7.63. The summed E-state index contributed by atoms with van der Waals surface area (Å²) in [4.78, 5) is 11.8. The van der Waals surface area contributed by atoms with Gasteiger partial charge in [0.1, 0.15) is 5.54 Å². The van der Waals surface area contributed by atoms with Crippen LogP contribution in [0.5, 0.6) is 0 Å². The summed E-state index contributed by atoms with van der Waals surface area (Å²) in [7, 11) is 0. The SMILES string of the molecule is CCNC(C)(COC(C)CC)C(=O)OCC. The maximum absolute atomic E-state index is 11.8. The molecular weight excluding hydrogens is 206 g/mol. The van der Waals surface area contributed by atoms with E-state index in [4.69, 9.17) is 9.47 Å². The van der Waals surface area contributed by atoms with Crippen molar-refractivity contribution in [1.29, 1.82) is 0 Å². The zero-order valence-corrected chi connectivity index (χ0v) is 11.1. The van der Waals surface area contributed by atoms with Gasteiger partial charge in [-0.1, -0.05) is 13.8 Å². The Morgan fingerprint density at radius 3 is 2.44 bits per heavy atom. The molecular formula is C12H25NO3. The molecule has 0 aromatic rings. The van der Waals surface area contributed by atoms with Crippen LogP contribution in [0.2, 0.25) is 0 Å². The molecule has 16 heavy (non-hydrogen) atoms. The molecule has 4 nitrogen and oxygen atoms in total. The van der Waals surface area contributed by atoms with Crippen LogP contribution in [0, 0.1) is 0 Å². The Hall–Kier alpha value is -0.610. The molecule has 0 radical (unpaired) electrons. The van der Waals surface area contributed by atoms with Gasteiger partial charge in [-0.05, 0) is 33.7 Å². The van der Waals surface area contributed by atoms with Crippen LogP contribution in [0.4, 0.5) is 0 Å². The fourth-order valence-electron chi connectivity index (χ4n) is 1.29. The summed E-state index contributed by atoms with van der Waals surface area (Å²) in [6.45, 7) is 11.1. The topological polar surface area (TPSA) is 47.6 Å². The van der Waals surface area contributed by atoms with Crippen LogP contribution in [0.25, 0.3) is 0 Å². The van der Waals surface area contributed by atoms with E-state index < -0.39 is 5.54 Å². The first-order chi connectivity index (χ1) is 7.50. The second-order valence-electron chi connectivity index (χ2n) is 4.11. The number of esters is 1. The van der Waals surface area contributed by atoms with E-state index in [1.165, 1.54) is 0 Å². The van der Waals surface area contributed by atoms with E-state index in [-0.39, 0.29) is 12.1 Å². The van der Waals surface area contributed by atoms with Crippen molar-refractivity contribution in [2.75, 3.05) is 19.8 Å². The molecule has 0 heterocycles. The van der Waals surface area contributed by atoms with Gasteiger partial charge in [-0.15, -0.1) is 0 Å². The second-order valence-corrected chi connectivity index (χ2v) is 4.11. The van der Waals surface area contributed by atoms with Crippen LogP contribution < -0.4 is 5.32 Å². The van der Waals surface area contributed by atoms with Gasteiger partial charge in [0.25, 0.3) is 0 Å². The predicted octanol–water partition coefficient (Wildman–Crippen LogP) is 1.73. The largest absolute Gasteiger partial charge is 0.465 e. The van der Waals surface area contributed by atoms with Crippen LogP contribution in [-0.2, 0) is 14.3 Å². The van der Waals surface area contributed by atoms with Crippen LogP contribution >= 0.6 is 0 Å². The van der Waals surface area contributed by atoms with Crippen molar-refractivity contribution in [3.63, 3.8) is 0 Å². The number of nitrogens with one attached hydrogen (secondary N) is 1. The number of ether oxygens (including phenoxy) is 2. The summed E-state index contributed by atoms with van der Waals surface area (Å²) >= 11 is 0. The summed E-state index contributed by atoms with van der Waals surface area (Å²) < 4.78 is 10.7. The molecule has 0 aliphatic rings. The molecule has 0 rings (SSSR count). The Kier molecular flexibility index (Phi) is 7.34. The van der Waals surface area contributed by atoms with Gasteiger partial charge in [0.2, 0.25) is 0 Å². The first-order valence-corrected chi connectivity index (χ1v) is 6.04. The highest BCUT2D eigenvalue weighted by Crippen LogP contribution is 2.10. The van der Waals surface area contributed by atoms with Gasteiger partial charge in [0.15, 0.2) is 0 Å². The molecule has 0 aliphatic heterocycles. The van der Waals surface area contributed by atoms with Gasteiger partial charge in [-0.3, -0.25) is 0 Å². The zero-order chi connectivity index (χ0) is 12.6. The summed E-state index contributed by atoms with van der Waals surface area (Å²) in [5.74, 6) is -0.250. The molecule has 0 saturated carbocycles. The van der Waals surface area contributed by atoms with Crippen LogP contribution in [0.15, 0.2) is 0 Å². The van der Waals surface area contributed by atoms with Crippen molar-refractivity contribution in [2.24, 2.45) is 0 Å². The summed E-state index contributed by atoms with van der Waals surface area (Å²) in [5.41, 5.74) is -0.742. The summed E-state index contributed by atoms with van der Waals surface area (Å²) in [5, 5.41) is 3.12. The van der Waals surface area contributed by atoms with E-state index in [0.717, 1.165) is 6.42 Å². The number of rotatable bonds is 8. The van der Waals surface area contributed by atoms with Crippen molar-refractivity contribution in [3.05, 3.63) is 0 Å². The summed E-state index contributed by atoms with van der Waals surface area (Å²) in [6.07, 6.45) is 1.10. The molecule has 96 valence electrons. The van der Waals surface area contributed by atoms with Crippen molar-refractivity contribution >= 4 is 5.97 Å². The molecule has 0 aliphatic carbocycles. The van der Waals surface area contributed by atoms with E-state index in [1.54, 1.807) is 6.92 Å². The third kappa shape index (κ3) is 4.94. The molecule has 2 atom stereocenters. The van der Waals surface area contributed by atoms with Gasteiger partial charge >= 0.3 is 5.97 Å². The third-order valence-corrected chi connectivity index (χ3v) is 2.52. The fraction of sp³-hybridized carbons (Fsp3) is 0.917. The monoisotopic (exact) mass is 231 g/mol. The highest BCUT2D eigenvalue weighted by Gasteiger charge is 2.34. The minimum absolute atomic E-state index is 0.160. The van der Waals surface area contributed by atoms with E-state index >= 15 is 0 Å². The standard InChI is InChI=1S/C12H25NO3/c1-6-10(4)16-9-12(5,13-7-2)11(14)15-8-3/h10,13H,6-9H2,1-5H3. The fourth-order valence-corrected chi connectivity index (χ4v) is 1.29. The van der Waals surface area contributed by atoms with Crippen LogP contribution in [0.3, 0.4) is 0 Å². The van der Waals surface area contributed by atoms with Gasteiger partial charge in [0.05, 0.1) is 19.3 Å². The molecule has 0 fully saturated rings. The van der Waals surface area contributed by atoms with Crippen LogP contribution in [-0.4, -0.2) is 37.4 Å². The van der Waals surface area contributed by atoms with E-state index in [9.17, 15) is 4.79 Å². The number of carbonyl (C=O) groups excluding carboxylic acids is 1. The molecule has 4 heteroatoms. The van der Waals surface area contributed by atoms with Gasteiger partial charge in [0, 0.05) is 0 Å². The number of hydrogen-bond donors (Lipinski definition) is 1. The zero-order valence-electron chi connectivity index (χ0n) is 11.1. The molecule has 2 unspecified atom stereocenters. The minimum atomic E-state index is -0.742. The lowest BCUT2D eigenvalue weighted by atomic mass is 10.0. The van der Waals surface area contributed by atoms with E-state index in [0.29, 0.717) is 19.8 Å². The smallest absolute Gasteiger partial charge is 0.328 e. The average molecular weight is 231 g/mol. The number of hydrogen-bond acceptors (Lipinski definition) is 4. The Morgan fingerprint density at radius 1 is 1.38 bits per heavy atom. The first kappa shape index (κ1) is 15.4. The van der Waals surface area contributed by atoms with Crippen molar-refractivity contribution in [1.82, 2.24) is 5.32 Å². The van der Waals surface area contributed by atoms with Gasteiger partial charge in [-0.25, -0.2) is 4.79 Å². The maximum Gasteiger partial charge on any atom is 0.328 e. The minimum Gasteiger partial charge on any atom is -0.465 e. The molecule has 0 saturated heterocycles. The molecule has 0 aromatic carbocycles. The third-order valence-electron chi connectivity index (χ3n) is 2.52. The lowest BCUT2D eigenvalue weighted by Crippen LogP contribution is -2.54. The highest BCUT2D eigenvalue weighted by atomic mass is 16.5. The molecule has 0 spiro atoms. The Labute approximate surface area is 98.7 Å². The molecule has 1 N–H and O–H groups in total. The van der Waals surface area contributed by atoms with Gasteiger partial charge < -0.3 is 14.8 Å². The highest BCUT2D eigenvalue weighted by molar-refractivity contribution is 5.80. The van der Waals surface area contributed by atoms with Gasteiger partial charge in [-0.2, -0.15) is 0 Å². The van der Waals surface area contributed by atoms with E-state index in [1.807, 2.05) is 20.8 Å². The Bertz CT molecular complexity index is 208. The lowest BCUT2D eigenvalue weighted by Gasteiger charge is -2.29.